The van der Waals surface area contributed by atoms with Gasteiger partial charge in [0.1, 0.15) is 0 Å². The van der Waals surface area contributed by atoms with E-state index >= 15 is 0 Å². The molecule has 0 atom stereocenters. The smallest absolute Gasteiger partial charge is 0.366 e. The highest BCUT2D eigenvalue weighted by Gasteiger charge is 2.18. The molecule has 1 N–H and O–H groups in total. The number of carbonyl (C=O) groups excluding carboxylic acids is 1. The van der Waals surface area contributed by atoms with Crippen LogP contribution >= 0.6 is 0 Å². The van der Waals surface area contributed by atoms with Crippen LogP contribution in [0, 0.1) is 0 Å². The molecule has 0 amide bonds. The summed E-state index contributed by atoms with van der Waals surface area (Å²) < 4.78 is 16.3. The average molecular weight is 477 g/mol. The Labute approximate surface area is 209 Å². The number of anilines is 1. The van der Waals surface area contributed by atoms with Crippen LogP contribution in [-0.2, 0) is 6.54 Å². The molecule has 1 aromatic heterocycles. The maximum Gasteiger partial charge on any atom is 0.366 e. The zero-order chi connectivity index (χ0) is 24.7. The maximum atomic E-state index is 12.6. The van der Waals surface area contributed by atoms with Crippen LogP contribution in [-0.4, -0.2) is 18.2 Å². The number of rotatable bonds is 8. The van der Waals surface area contributed by atoms with Gasteiger partial charge in [-0.3, -0.25) is 0 Å². The molecule has 6 heteroatoms. The van der Waals surface area contributed by atoms with Gasteiger partial charge in [0, 0.05) is 23.9 Å². The second-order valence-electron chi connectivity index (χ2n) is 8.11. The fourth-order valence-electron chi connectivity index (χ4n) is 3.78. The monoisotopic (exact) mass is 476 g/mol. The lowest BCUT2D eigenvalue weighted by Crippen LogP contribution is -2.10. The first-order valence-electron chi connectivity index (χ1n) is 11.5. The number of benzene rings is 4. The van der Waals surface area contributed by atoms with Crippen LogP contribution in [0.1, 0.15) is 16.1 Å². The van der Waals surface area contributed by atoms with Gasteiger partial charge in [-0.15, -0.1) is 0 Å². The summed E-state index contributed by atoms with van der Waals surface area (Å²) in [6.07, 6.45) is 0. The van der Waals surface area contributed by atoms with Gasteiger partial charge in [-0.2, -0.15) is 0 Å². The van der Waals surface area contributed by atoms with E-state index in [1.807, 2.05) is 60.7 Å². The summed E-state index contributed by atoms with van der Waals surface area (Å²) in [4.78, 5) is 12.6. The second kappa shape index (κ2) is 10.6. The highest BCUT2D eigenvalue weighted by atomic mass is 16.6. The molecule has 0 aliphatic heterocycles. The summed E-state index contributed by atoms with van der Waals surface area (Å²) in [5.41, 5.74) is 5.24. The summed E-state index contributed by atoms with van der Waals surface area (Å²) in [5.74, 6) is 0.632. The van der Waals surface area contributed by atoms with Crippen LogP contribution in [0.2, 0.25) is 0 Å². The Kier molecular flexibility index (Phi) is 6.76. The lowest BCUT2D eigenvalue weighted by atomic mass is 10.1. The highest BCUT2D eigenvalue weighted by Crippen LogP contribution is 2.30. The van der Waals surface area contributed by atoms with Gasteiger partial charge >= 0.3 is 5.97 Å². The number of hydrogen-bond donors (Lipinski definition) is 1. The van der Waals surface area contributed by atoms with Crippen molar-refractivity contribution in [2.75, 3.05) is 12.4 Å². The number of esters is 1. The predicted octanol–water partition coefficient (Wildman–Crippen LogP) is 6.85. The molecular weight excluding hydrogens is 452 g/mol. The SMILES string of the molecule is COc1cc(CNc2ccc(-c3ccccc3)cc2)ccc1OC(=O)c1cc(-c2ccccc2)on1. The van der Waals surface area contributed by atoms with Crippen molar-refractivity contribution in [1.82, 2.24) is 5.16 Å². The van der Waals surface area contributed by atoms with E-state index in [0.717, 1.165) is 22.4 Å². The Bertz CT molecular complexity index is 1450. The Morgan fingerprint density at radius 3 is 2.14 bits per heavy atom. The van der Waals surface area contributed by atoms with E-state index in [2.05, 4.69) is 46.9 Å². The summed E-state index contributed by atoms with van der Waals surface area (Å²) >= 11 is 0. The van der Waals surface area contributed by atoms with Crippen molar-refractivity contribution in [3.8, 4) is 33.9 Å². The van der Waals surface area contributed by atoms with Gasteiger partial charge in [-0.25, -0.2) is 4.79 Å². The number of nitrogens with zero attached hydrogens (tertiary/aromatic N) is 1. The third-order valence-electron chi connectivity index (χ3n) is 5.70. The van der Waals surface area contributed by atoms with Crippen LogP contribution in [0.3, 0.4) is 0 Å². The molecule has 4 aromatic carbocycles. The minimum Gasteiger partial charge on any atom is -0.493 e. The van der Waals surface area contributed by atoms with Gasteiger partial charge in [-0.1, -0.05) is 84.0 Å². The van der Waals surface area contributed by atoms with Crippen LogP contribution in [0.25, 0.3) is 22.5 Å². The molecule has 0 aliphatic rings. The fraction of sp³-hybridized carbons (Fsp3) is 0.0667. The maximum absolute atomic E-state index is 12.6. The van der Waals surface area contributed by atoms with E-state index < -0.39 is 5.97 Å². The Morgan fingerprint density at radius 1 is 0.778 bits per heavy atom. The molecule has 0 radical (unpaired) electrons. The first-order valence-corrected chi connectivity index (χ1v) is 11.5. The second-order valence-corrected chi connectivity index (χ2v) is 8.11. The van der Waals surface area contributed by atoms with Crippen LogP contribution < -0.4 is 14.8 Å². The Morgan fingerprint density at radius 2 is 1.44 bits per heavy atom. The predicted molar refractivity (Wildman–Crippen MR) is 139 cm³/mol. The van der Waals surface area contributed by atoms with Crippen molar-refractivity contribution >= 4 is 11.7 Å². The number of aromatic nitrogens is 1. The molecule has 5 rings (SSSR count). The molecule has 36 heavy (non-hydrogen) atoms. The quantitative estimate of drug-likeness (QED) is 0.195. The molecule has 0 unspecified atom stereocenters. The standard InChI is InChI=1S/C30H24N2O4/c1-34-29-18-21(20-31-25-15-13-23(14-16-25)22-8-4-2-5-9-22)12-17-27(29)35-30(33)26-19-28(36-32-26)24-10-6-3-7-11-24/h2-19,31H,20H2,1H3. The van der Waals surface area contributed by atoms with E-state index in [4.69, 9.17) is 14.0 Å². The molecule has 0 bridgehead atoms. The fourth-order valence-corrected chi connectivity index (χ4v) is 3.78. The molecule has 6 nitrogen and oxygen atoms in total. The van der Waals surface area contributed by atoms with Crippen LogP contribution in [0.4, 0.5) is 5.69 Å². The van der Waals surface area contributed by atoms with E-state index in [-0.39, 0.29) is 5.69 Å². The topological polar surface area (TPSA) is 73.6 Å². The Balaban J connectivity index is 1.22. The Hall–Kier alpha value is -4.84. The number of ether oxygens (including phenoxy) is 2. The van der Waals surface area contributed by atoms with Crippen molar-refractivity contribution in [3.05, 3.63) is 120 Å². The zero-order valence-electron chi connectivity index (χ0n) is 19.7. The third-order valence-corrected chi connectivity index (χ3v) is 5.70. The van der Waals surface area contributed by atoms with Gasteiger partial charge < -0.3 is 19.3 Å². The van der Waals surface area contributed by atoms with Crippen LogP contribution in [0.15, 0.2) is 114 Å². The number of hydrogen-bond acceptors (Lipinski definition) is 6. The van der Waals surface area contributed by atoms with Crippen molar-refractivity contribution < 1.29 is 18.8 Å². The van der Waals surface area contributed by atoms with Crippen molar-refractivity contribution in [2.45, 2.75) is 6.54 Å². The van der Waals surface area contributed by atoms with Crippen molar-refractivity contribution in [1.29, 1.82) is 0 Å². The van der Waals surface area contributed by atoms with E-state index in [0.29, 0.717) is 23.8 Å². The summed E-state index contributed by atoms with van der Waals surface area (Å²) in [6, 6.07) is 35.0. The van der Waals surface area contributed by atoms with Crippen molar-refractivity contribution in [2.24, 2.45) is 0 Å². The van der Waals surface area contributed by atoms with Gasteiger partial charge in [0.15, 0.2) is 23.0 Å². The molecule has 0 saturated carbocycles. The number of carbonyl (C=O) groups is 1. The molecule has 0 spiro atoms. The van der Waals surface area contributed by atoms with Gasteiger partial charge in [0.25, 0.3) is 0 Å². The minimum absolute atomic E-state index is 0.0839. The van der Waals surface area contributed by atoms with Gasteiger partial charge in [-0.05, 0) is 41.0 Å². The molecule has 0 fully saturated rings. The summed E-state index contributed by atoms with van der Waals surface area (Å²) in [6.45, 7) is 0.582. The first kappa shape index (κ1) is 22.9. The first-order chi connectivity index (χ1) is 17.7. The molecule has 178 valence electrons. The molecule has 0 saturated heterocycles. The van der Waals surface area contributed by atoms with Gasteiger partial charge in [0.05, 0.1) is 7.11 Å². The highest BCUT2D eigenvalue weighted by molar-refractivity contribution is 5.90. The molecule has 5 aromatic rings. The normalized spacial score (nSPS) is 10.6. The van der Waals surface area contributed by atoms with Gasteiger partial charge in [0.2, 0.25) is 0 Å². The van der Waals surface area contributed by atoms with Crippen molar-refractivity contribution in [3.63, 3.8) is 0 Å². The average Bonchev–Trinajstić information content (AvgIpc) is 3.44. The number of methoxy groups -OCH3 is 1. The lowest BCUT2D eigenvalue weighted by molar-refractivity contribution is 0.0719. The molecule has 1 heterocycles. The lowest BCUT2D eigenvalue weighted by Gasteiger charge is -2.12. The molecular formula is C30H24N2O4. The largest absolute Gasteiger partial charge is 0.493 e. The van der Waals surface area contributed by atoms with E-state index in [1.54, 1.807) is 12.1 Å². The number of nitrogens with one attached hydrogen (secondary N) is 1. The zero-order valence-corrected chi connectivity index (χ0v) is 19.7. The van der Waals surface area contributed by atoms with E-state index in [9.17, 15) is 4.79 Å². The minimum atomic E-state index is -0.622. The summed E-state index contributed by atoms with van der Waals surface area (Å²) in [7, 11) is 1.54. The van der Waals surface area contributed by atoms with Crippen LogP contribution in [0.5, 0.6) is 11.5 Å². The summed E-state index contributed by atoms with van der Waals surface area (Å²) in [5, 5.41) is 7.26. The third kappa shape index (κ3) is 5.28. The van der Waals surface area contributed by atoms with E-state index in [1.165, 1.54) is 12.7 Å². The molecule has 0 aliphatic carbocycles.